The fourth-order valence-corrected chi connectivity index (χ4v) is 3.28. The molecule has 1 atom stereocenters. The van der Waals surface area contributed by atoms with Crippen LogP contribution in [0.5, 0.6) is 5.75 Å². The number of aliphatic carboxylic acids is 1. The zero-order chi connectivity index (χ0) is 20.8. The van der Waals surface area contributed by atoms with E-state index in [-0.39, 0.29) is 23.8 Å². The molecule has 0 saturated carbocycles. The third-order valence-electron chi connectivity index (χ3n) is 3.82. The highest BCUT2D eigenvalue weighted by atomic mass is 32.2. The van der Waals surface area contributed by atoms with E-state index in [0.717, 1.165) is 23.9 Å². The highest BCUT2D eigenvalue weighted by Gasteiger charge is 2.32. The normalized spacial score (nSPS) is 17.7. The number of carbonyl (C=O) groups excluding carboxylic acids is 1. The maximum atomic E-state index is 13.6. The van der Waals surface area contributed by atoms with Crippen LogP contribution in [0.3, 0.4) is 0 Å². The summed E-state index contributed by atoms with van der Waals surface area (Å²) in [4.78, 5) is 22.3. The second kappa shape index (κ2) is 9.28. The van der Waals surface area contributed by atoms with E-state index in [4.69, 9.17) is 9.84 Å². The van der Waals surface area contributed by atoms with E-state index in [1.165, 1.54) is 12.3 Å². The molecule has 1 aliphatic heterocycles. The predicted molar refractivity (Wildman–Crippen MR) is 104 cm³/mol. The molecule has 1 aliphatic rings. The lowest BCUT2D eigenvalue weighted by Crippen LogP contribution is -2.26. The Morgan fingerprint density at radius 2 is 1.90 bits per heavy atom. The van der Waals surface area contributed by atoms with Crippen LogP contribution in [0.1, 0.15) is 17.5 Å². The second-order valence-corrected chi connectivity index (χ2v) is 7.09. The van der Waals surface area contributed by atoms with E-state index in [9.17, 15) is 18.4 Å². The topological polar surface area (TPSA) is 100 Å². The second-order valence-electron chi connectivity index (χ2n) is 5.90. The average molecular weight is 419 g/mol. The summed E-state index contributed by atoms with van der Waals surface area (Å²) in [6.07, 6.45) is 1.14. The van der Waals surface area contributed by atoms with Crippen molar-refractivity contribution in [2.45, 2.75) is 18.3 Å². The van der Waals surface area contributed by atoms with Gasteiger partial charge in [0.05, 0.1) is 18.2 Å². The number of nitrogens with one attached hydrogen (secondary N) is 1. The molecule has 0 aliphatic carbocycles. The molecular weight excluding hydrogens is 404 g/mol. The number of amidine groups is 1. The summed E-state index contributed by atoms with van der Waals surface area (Å²) in [6, 6.07) is 10.2. The maximum Gasteiger partial charge on any atom is 0.305 e. The lowest BCUT2D eigenvalue weighted by Gasteiger charge is -2.08. The summed E-state index contributed by atoms with van der Waals surface area (Å²) < 4.78 is 32.6. The first-order valence-electron chi connectivity index (χ1n) is 8.38. The molecular formula is C19H15F2N3O4S. The molecule has 0 spiro atoms. The number of carboxylic acids is 1. The number of nitrogens with zero attached hydrogens (tertiary/aromatic N) is 2. The number of hydrogen-bond donors (Lipinski definition) is 2. The van der Waals surface area contributed by atoms with Gasteiger partial charge in [0.15, 0.2) is 5.17 Å². The molecule has 3 rings (SSSR count). The number of carboxylic acid groups (broad SMARTS) is 1. The molecule has 10 heteroatoms. The van der Waals surface area contributed by atoms with Gasteiger partial charge in [-0.15, -0.1) is 5.10 Å². The number of hydrogen-bond acceptors (Lipinski definition) is 6. The summed E-state index contributed by atoms with van der Waals surface area (Å²) in [6.45, 7) is -0.242. The Balaban J connectivity index is 1.55. The van der Waals surface area contributed by atoms with Gasteiger partial charge in [-0.25, -0.2) is 8.78 Å². The molecule has 1 saturated heterocycles. The van der Waals surface area contributed by atoms with Gasteiger partial charge in [-0.1, -0.05) is 17.8 Å². The van der Waals surface area contributed by atoms with Crippen LogP contribution < -0.4 is 10.1 Å². The molecule has 29 heavy (non-hydrogen) atoms. The summed E-state index contributed by atoms with van der Waals surface area (Å²) in [5.41, 5.74) is 0.529. The Morgan fingerprint density at radius 1 is 1.21 bits per heavy atom. The fraction of sp³-hybridized carbons (Fsp3) is 0.158. The number of halogens is 2. The standard InChI is InChI=1S/C19H15F2N3O4S/c20-14-2-1-3-15(21)13(14)10-28-12-6-4-11(5-7-12)9-22-24-19-23-18(27)16(29-19)8-17(25)26/h1-7,9,16H,8,10H2,(H,25,26)(H,23,24,27). The quantitative estimate of drug-likeness (QED) is 0.531. The van der Waals surface area contributed by atoms with Gasteiger partial charge in [0.25, 0.3) is 0 Å². The van der Waals surface area contributed by atoms with Gasteiger partial charge in [-0.3, -0.25) is 9.59 Å². The first-order chi connectivity index (χ1) is 13.9. The minimum atomic E-state index is -1.07. The Bertz CT molecular complexity index is 960. The number of carbonyl (C=O) groups is 2. The smallest absolute Gasteiger partial charge is 0.305 e. The lowest BCUT2D eigenvalue weighted by molar-refractivity contribution is -0.138. The van der Waals surface area contributed by atoms with Crippen molar-refractivity contribution in [3.63, 3.8) is 0 Å². The fourth-order valence-electron chi connectivity index (χ4n) is 2.37. The van der Waals surface area contributed by atoms with Crippen LogP contribution in [0.2, 0.25) is 0 Å². The van der Waals surface area contributed by atoms with Crippen LogP contribution in [0.25, 0.3) is 0 Å². The van der Waals surface area contributed by atoms with Crippen molar-refractivity contribution in [3.05, 3.63) is 65.2 Å². The van der Waals surface area contributed by atoms with Crippen LogP contribution in [0.15, 0.2) is 52.7 Å². The number of benzene rings is 2. The average Bonchev–Trinajstić information content (AvgIpc) is 3.01. The molecule has 0 radical (unpaired) electrons. The highest BCUT2D eigenvalue weighted by molar-refractivity contribution is 8.15. The van der Waals surface area contributed by atoms with E-state index < -0.39 is 28.8 Å². The van der Waals surface area contributed by atoms with Gasteiger partial charge >= 0.3 is 5.97 Å². The largest absolute Gasteiger partial charge is 0.489 e. The van der Waals surface area contributed by atoms with Crippen molar-refractivity contribution in [3.8, 4) is 5.75 Å². The van der Waals surface area contributed by atoms with Crippen molar-refractivity contribution in [1.29, 1.82) is 0 Å². The Morgan fingerprint density at radius 3 is 2.55 bits per heavy atom. The lowest BCUT2D eigenvalue weighted by atomic mass is 10.2. The molecule has 150 valence electrons. The highest BCUT2D eigenvalue weighted by Crippen LogP contribution is 2.22. The van der Waals surface area contributed by atoms with E-state index in [1.807, 2.05) is 0 Å². The van der Waals surface area contributed by atoms with E-state index >= 15 is 0 Å². The molecule has 0 aromatic heterocycles. The molecule has 0 bridgehead atoms. The van der Waals surface area contributed by atoms with E-state index in [2.05, 4.69) is 15.5 Å². The van der Waals surface area contributed by atoms with Gasteiger partial charge in [0.2, 0.25) is 5.91 Å². The number of rotatable bonds is 7. The van der Waals surface area contributed by atoms with E-state index in [1.54, 1.807) is 24.3 Å². The first kappa shape index (κ1) is 20.5. The van der Waals surface area contributed by atoms with Crippen LogP contribution in [-0.4, -0.2) is 33.6 Å². The molecule has 2 N–H and O–H groups in total. The summed E-state index contributed by atoms with van der Waals surface area (Å²) in [5.74, 6) is -2.40. The van der Waals surface area contributed by atoms with Crippen LogP contribution in [-0.2, 0) is 16.2 Å². The van der Waals surface area contributed by atoms with Crippen molar-refractivity contribution < 1.29 is 28.2 Å². The molecule has 7 nitrogen and oxygen atoms in total. The van der Waals surface area contributed by atoms with Crippen molar-refractivity contribution in [2.75, 3.05) is 0 Å². The molecule has 1 fully saturated rings. The van der Waals surface area contributed by atoms with E-state index in [0.29, 0.717) is 11.3 Å². The van der Waals surface area contributed by atoms with Gasteiger partial charge in [-0.2, -0.15) is 5.10 Å². The minimum Gasteiger partial charge on any atom is -0.489 e. The van der Waals surface area contributed by atoms with Gasteiger partial charge in [-0.05, 0) is 42.0 Å². The number of thioether (sulfide) groups is 1. The van der Waals surface area contributed by atoms with Crippen LogP contribution >= 0.6 is 11.8 Å². The number of ether oxygens (including phenoxy) is 1. The van der Waals surface area contributed by atoms with Crippen molar-refractivity contribution in [1.82, 2.24) is 5.32 Å². The van der Waals surface area contributed by atoms with Crippen LogP contribution in [0.4, 0.5) is 8.78 Å². The zero-order valence-corrected chi connectivity index (χ0v) is 15.7. The van der Waals surface area contributed by atoms with Crippen LogP contribution in [0, 0.1) is 11.6 Å². The minimum absolute atomic E-state index is 0.147. The molecule has 2 aromatic carbocycles. The summed E-state index contributed by atoms with van der Waals surface area (Å²) >= 11 is 1.00. The van der Waals surface area contributed by atoms with Crippen molar-refractivity contribution >= 4 is 35.0 Å². The molecule has 2 aromatic rings. The van der Waals surface area contributed by atoms with Gasteiger partial charge in [0.1, 0.15) is 29.2 Å². The first-order valence-corrected chi connectivity index (χ1v) is 9.26. The van der Waals surface area contributed by atoms with Gasteiger partial charge in [0, 0.05) is 0 Å². The summed E-state index contributed by atoms with van der Waals surface area (Å²) in [5, 5.41) is 18.4. The Hall–Kier alpha value is -3.27. The zero-order valence-electron chi connectivity index (χ0n) is 14.8. The van der Waals surface area contributed by atoms with Crippen molar-refractivity contribution in [2.24, 2.45) is 10.2 Å². The third kappa shape index (κ3) is 5.61. The maximum absolute atomic E-state index is 13.6. The monoisotopic (exact) mass is 419 g/mol. The Labute approximate surface area is 168 Å². The van der Waals surface area contributed by atoms with Gasteiger partial charge < -0.3 is 15.2 Å². The third-order valence-corrected chi connectivity index (χ3v) is 4.89. The molecule has 1 heterocycles. The Kier molecular flexibility index (Phi) is 6.55. The molecule has 1 unspecified atom stereocenters. The SMILES string of the molecule is O=C(O)CC1SC(=NN=Cc2ccc(OCc3c(F)cccc3F)cc2)NC1=O. The number of amides is 1. The predicted octanol–water partition coefficient (Wildman–Crippen LogP) is 2.94. The summed E-state index contributed by atoms with van der Waals surface area (Å²) in [7, 11) is 0. The molecule has 1 amide bonds.